The molecule has 5 nitrogen and oxygen atoms in total. The van der Waals surface area contributed by atoms with Gasteiger partial charge in [-0.15, -0.1) is 6.58 Å². The van der Waals surface area contributed by atoms with Gasteiger partial charge in [-0.25, -0.2) is 0 Å². The van der Waals surface area contributed by atoms with E-state index in [1.807, 2.05) is 0 Å². The Hall–Kier alpha value is -0.460. The molecule has 5 heteroatoms. The van der Waals surface area contributed by atoms with Crippen LogP contribution in [0.2, 0.25) is 0 Å². The zero-order valence-corrected chi connectivity index (χ0v) is 10.0. The molecule has 17 heavy (non-hydrogen) atoms. The molecule has 3 atom stereocenters. The van der Waals surface area contributed by atoms with Crippen LogP contribution < -0.4 is 0 Å². The Kier molecular flexibility index (Phi) is 5.41. The van der Waals surface area contributed by atoms with Crippen LogP contribution in [-0.4, -0.2) is 64.6 Å². The van der Waals surface area contributed by atoms with Gasteiger partial charge < -0.3 is 23.7 Å². The van der Waals surface area contributed by atoms with Gasteiger partial charge in [0.15, 0.2) is 0 Å². The number of ether oxygens (including phenoxy) is 5. The van der Waals surface area contributed by atoms with Crippen molar-refractivity contribution in [3.05, 3.63) is 12.7 Å². The fraction of sp³-hybridized carbons (Fsp3) is 0.833. The molecule has 0 aromatic heterocycles. The molecule has 0 aromatic carbocycles. The van der Waals surface area contributed by atoms with Crippen LogP contribution in [0.25, 0.3) is 0 Å². The van der Waals surface area contributed by atoms with E-state index in [1.165, 1.54) is 0 Å². The highest BCUT2D eigenvalue weighted by molar-refractivity contribution is 4.71. The quantitative estimate of drug-likeness (QED) is 0.351. The van der Waals surface area contributed by atoms with Crippen molar-refractivity contribution in [1.29, 1.82) is 0 Å². The maximum Gasteiger partial charge on any atom is 0.104 e. The summed E-state index contributed by atoms with van der Waals surface area (Å²) in [6.45, 7) is 9.01. The second-order valence-electron chi connectivity index (χ2n) is 4.23. The highest BCUT2D eigenvalue weighted by Crippen LogP contribution is 2.12. The first-order chi connectivity index (χ1) is 8.38. The molecule has 3 fully saturated rings. The van der Waals surface area contributed by atoms with Crippen molar-refractivity contribution in [1.82, 2.24) is 0 Å². The first-order valence-electron chi connectivity index (χ1n) is 5.99. The van der Waals surface area contributed by atoms with E-state index >= 15 is 0 Å². The molecule has 0 spiro atoms. The van der Waals surface area contributed by atoms with E-state index in [9.17, 15) is 0 Å². The monoisotopic (exact) mass is 244 g/mol. The highest BCUT2D eigenvalue weighted by Gasteiger charge is 2.26. The molecular weight excluding hydrogens is 224 g/mol. The summed E-state index contributed by atoms with van der Waals surface area (Å²) < 4.78 is 25.1. The second-order valence-corrected chi connectivity index (χ2v) is 4.23. The average Bonchev–Trinajstić information content (AvgIpc) is 3.10. The third-order valence-electron chi connectivity index (χ3n) is 2.35. The van der Waals surface area contributed by atoms with Gasteiger partial charge >= 0.3 is 0 Å². The minimum atomic E-state index is 0.384. The Morgan fingerprint density at radius 2 is 1.29 bits per heavy atom. The van der Waals surface area contributed by atoms with E-state index < -0.39 is 0 Å². The van der Waals surface area contributed by atoms with E-state index in [-0.39, 0.29) is 0 Å². The first-order valence-corrected chi connectivity index (χ1v) is 5.99. The summed E-state index contributed by atoms with van der Waals surface area (Å²) in [6.07, 6.45) is 2.91. The topological polar surface area (TPSA) is 56.0 Å². The molecule has 0 saturated carbocycles. The Bertz CT molecular complexity index is 209. The summed E-state index contributed by atoms with van der Waals surface area (Å²) in [5.41, 5.74) is 0. The maximum atomic E-state index is 5.23. The minimum absolute atomic E-state index is 0.384. The van der Waals surface area contributed by atoms with E-state index in [0.717, 1.165) is 39.6 Å². The maximum absolute atomic E-state index is 5.23. The minimum Gasteiger partial charge on any atom is -0.376 e. The van der Waals surface area contributed by atoms with Gasteiger partial charge in [0.1, 0.15) is 18.3 Å². The van der Waals surface area contributed by atoms with Crippen LogP contribution in [0.3, 0.4) is 0 Å². The van der Waals surface area contributed by atoms with Crippen molar-refractivity contribution in [2.24, 2.45) is 0 Å². The lowest BCUT2D eigenvalue weighted by Crippen LogP contribution is -2.06. The van der Waals surface area contributed by atoms with Crippen molar-refractivity contribution in [3.8, 4) is 0 Å². The summed E-state index contributed by atoms with van der Waals surface area (Å²) in [5, 5.41) is 0. The van der Waals surface area contributed by atoms with Crippen LogP contribution in [-0.2, 0) is 23.7 Å². The number of rotatable bonds is 8. The summed E-state index contributed by atoms with van der Waals surface area (Å²) in [5.74, 6) is 0. The molecule has 3 heterocycles. The molecule has 0 aliphatic carbocycles. The van der Waals surface area contributed by atoms with Gasteiger partial charge in [-0.05, 0) is 0 Å². The van der Waals surface area contributed by atoms with Crippen LogP contribution in [0.1, 0.15) is 0 Å². The largest absolute Gasteiger partial charge is 0.376 e. The predicted octanol–water partition coefficient (Wildman–Crippen LogP) is 0.388. The average molecular weight is 244 g/mol. The predicted molar refractivity (Wildman–Crippen MR) is 61.1 cm³/mol. The standard InChI is InChI=1S/C6H10O3.C6H10O2/c1(5-3-8-5)7-2-6-4-9-6;1-2-3-7-4-6-5-8-6/h5-6H,1-4H2;2,6H,1,3-5H2. The lowest BCUT2D eigenvalue weighted by atomic mass is 10.5. The van der Waals surface area contributed by atoms with Crippen LogP contribution >= 0.6 is 0 Å². The Balaban J connectivity index is 0.000000128. The molecule has 98 valence electrons. The van der Waals surface area contributed by atoms with Gasteiger partial charge in [-0.2, -0.15) is 0 Å². The van der Waals surface area contributed by atoms with Gasteiger partial charge in [0.05, 0.1) is 46.2 Å². The SMILES string of the molecule is C(OCC1CO1)C1CO1.C=CCOCC1CO1. The van der Waals surface area contributed by atoms with Gasteiger partial charge in [-0.1, -0.05) is 6.08 Å². The zero-order chi connectivity index (χ0) is 11.9. The number of hydrogen-bond acceptors (Lipinski definition) is 5. The Morgan fingerprint density at radius 3 is 1.65 bits per heavy atom. The first kappa shape index (κ1) is 13.0. The summed E-state index contributed by atoms with van der Waals surface area (Å²) >= 11 is 0. The zero-order valence-electron chi connectivity index (χ0n) is 10.0. The number of hydrogen-bond donors (Lipinski definition) is 0. The van der Waals surface area contributed by atoms with Crippen molar-refractivity contribution in [2.45, 2.75) is 18.3 Å². The van der Waals surface area contributed by atoms with Crippen LogP contribution in [0.15, 0.2) is 12.7 Å². The van der Waals surface area contributed by atoms with E-state index in [1.54, 1.807) is 6.08 Å². The molecule has 0 aromatic rings. The van der Waals surface area contributed by atoms with Gasteiger partial charge in [0.2, 0.25) is 0 Å². The molecule has 0 amide bonds. The fourth-order valence-corrected chi connectivity index (χ4v) is 1.11. The van der Waals surface area contributed by atoms with Crippen molar-refractivity contribution < 1.29 is 23.7 Å². The highest BCUT2D eigenvalue weighted by atomic mass is 16.6. The third-order valence-corrected chi connectivity index (χ3v) is 2.35. The van der Waals surface area contributed by atoms with Crippen LogP contribution in [0, 0.1) is 0 Å². The normalized spacial score (nSPS) is 32.4. The Labute approximate surface area is 102 Å². The van der Waals surface area contributed by atoms with Gasteiger partial charge in [0.25, 0.3) is 0 Å². The summed E-state index contributed by atoms with van der Waals surface area (Å²) in [4.78, 5) is 0. The summed E-state index contributed by atoms with van der Waals surface area (Å²) in [6, 6.07) is 0. The van der Waals surface area contributed by atoms with Crippen molar-refractivity contribution in [3.63, 3.8) is 0 Å². The molecule has 3 aliphatic heterocycles. The molecule has 3 aliphatic rings. The smallest absolute Gasteiger partial charge is 0.104 e. The lowest BCUT2D eigenvalue weighted by molar-refractivity contribution is 0.102. The third kappa shape index (κ3) is 7.46. The van der Waals surface area contributed by atoms with E-state index in [0.29, 0.717) is 24.9 Å². The molecular formula is C12H20O5. The molecule has 0 N–H and O–H groups in total. The van der Waals surface area contributed by atoms with E-state index in [4.69, 9.17) is 23.7 Å². The Morgan fingerprint density at radius 1 is 0.882 bits per heavy atom. The van der Waals surface area contributed by atoms with Crippen molar-refractivity contribution >= 4 is 0 Å². The molecule has 3 unspecified atom stereocenters. The van der Waals surface area contributed by atoms with E-state index in [2.05, 4.69) is 6.58 Å². The summed E-state index contributed by atoms with van der Waals surface area (Å²) in [7, 11) is 0. The second kappa shape index (κ2) is 7.08. The number of epoxide rings is 3. The van der Waals surface area contributed by atoms with Crippen LogP contribution in [0.5, 0.6) is 0 Å². The fourth-order valence-electron chi connectivity index (χ4n) is 1.11. The molecule has 3 saturated heterocycles. The van der Waals surface area contributed by atoms with Crippen molar-refractivity contribution in [2.75, 3.05) is 46.2 Å². The van der Waals surface area contributed by atoms with Crippen LogP contribution in [0.4, 0.5) is 0 Å². The molecule has 0 radical (unpaired) electrons. The molecule has 0 bridgehead atoms. The lowest BCUT2D eigenvalue weighted by Gasteiger charge is -1.95. The van der Waals surface area contributed by atoms with Gasteiger partial charge in [-0.3, -0.25) is 0 Å². The van der Waals surface area contributed by atoms with Gasteiger partial charge in [0, 0.05) is 0 Å². The molecule has 3 rings (SSSR count).